The number of hydrazone groups is 1. The molecule has 160 valence electrons. The molecule has 4 rings (SSSR count). The third-order valence-corrected chi connectivity index (χ3v) is 7.24. The molecule has 0 spiro atoms. The van der Waals surface area contributed by atoms with Crippen LogP contribution in [-0.2, 0) is 6.61 Å². The number of halogens is 3. The Morgan fingerprint density at radius 3 is 2.58 bits per heavy atom. The van der Waals surface area contributed by atoms with Gasteiger partial charge in [-0.1, -0.05) is 71.4 Å². The lowest BCUT2D eigenvalue weighted by atomic mass is 10.2. The van der Waals surface area contributed by atoms with Crippen LogP contribution in [0, 0.1) is 3.57 Å². The standard InChI is InChI=1S/C23H19Cl2IN2O2S/c1-2-29-20-12-16(23-28-27-22(31-23)15-6-4-3-5-7-15)11-19(26)21(20)30-13-14-8-9-17(24)18(25)10-14/h3-12,23,28H,2,13H2,1H3/t23-/m1/s1. The number of benzene rings is 3. The van der Waals surface area contributed by atoms with Crippen LogP contribution in [-0.4, -0.2) is 11.7 Å². The molecule has 1 heterocycles. The first-order chi connectivity index (χ1) is 15.0. The highest BCUT2D eigenvalue weighted by atomic mass is 127. The molecule has 0 fully saturated rings. The van der Waals surface area contributed by atoms with Crippen molar-refractivity contribution in [2.75, 3.05) is 6.61 Å². The largest absolute Gasteiger partial charge is 0.490 e. The molecule has 3 aromatic rings. The smallest absolute Gasteiger partial charge is 0.174 e. The SMILES string of the molecule is CCOc1cc([C@@H]2NN=C(c3ccccc3)S2)cc(I)c1OCc1ccc(Cl)c(Cl)c1. The second-order valence-electron chi connectivity index (χ2n) is 6.71. The van der Waals surface area contributed by atoms with E-state index in [1.165, 1.54) is 0 Å². The third-order valence-electron chi connectivity index (χ3n) is 4.54. The lowest BCUT2D eigenvalue weighted by molar-refractivity contribution is 0.267. The van der Waals surface area contributed by atoms with E-state index in [9.17, 15) is 0 Å². The number of rotatable bonds is 7. The van der Waals surface area contributed by atoms with E-state index >= 15 is 0 Å². The van der Waals surface area contributed by atoms with E-state index in [0.717, 1.165) is 25.3 Å². The summed E-state index contributed by atoms with van der Waals surface area (Å²) in [7, 11) is 0. The Kier molecular flexibility index (Phi) is 7.53. The molecule has 1 aliphatic heterocycles. The van der Waals surface area contributed by atoms with Crippen LogP contribution in [0.3, 0.4) is 0 Å². The van der Waals surface area contributed by atoms with Gasteiger partial charge in [-0.15, -0.1) is 0 Å². The van der Waals surface area contributed by atoms with Gasteiger partial charge >= 0.3 is 0 Å². The molecule has 31 heavy (non-hydrogen) atoms. The topological polar surface area (TPSA) is 42.8 Å². The fourth-order valence-electron chi connectivity index (χ4n) is 3.06. The summed E-state index contributed by atoms with van der Waals surface area (Å²) < 4.78 is 13.0. The number of hydrogen-bond donors (Lipinski definition) is 1. The summed E-state index contributed by atoms with van der Waals surface area (Å²) >= 11 is 16.1. The predicted molar refractivity (Wildman–Crippen MR) is 138 cm³/mol. The number of thioether (sulfide) groups is 1. The minimum atomic E-state index is 0.00653. The summed E-state index contributed by atoms with van der Waals surface area (Å²) in [5.74, 6) is 1.42. The molecule has 0 radical (unpaired) electrons. The molecular formula is C23H19Cl2IN2O2S. The van der Waals surface area contributed by atoms with E-state index in [2.05, 4.69) is 51.3 Å². The zero-order valence-electron chi connectivity index (χ0n) is 16.6. The van der Waals surface area contributed by atoms with Gasteiger partial charge in [-0.25, -0.2) is 0 Å². The molecule has 0 aliphatic carbocycles. The van der Waals surface area contributed by atoms with Gasteiger partial charge in [-0.05, 0) is 64.9 Å². The molecule has 0 bridgehead atoms. The van der Waals surface area contributed by atoms with Crippen molar-refractivity contribution >= 4 is 62.6 Å². The zero-order chi connectivity index (χ0) is 21.8. The molecule has 3 aromatic carbocycles. The van der Waals surface area contributed by atoms with Crippen LogP contribution in [0.4, 0.5) is 0 Å². The Labute approximate surface area is 209 Å². The van der Waals surface area contributed by atoms with E-state index in [1.807, 2.05) is 43.3 Å². The molecule has 0 unspecified atom stereocenters. The molecule has 0 amide bonds. The predicted octanol–water partition coefficient (Wildman–Crippen LogP) is 7.27. The summed E-state index contributed by atoms with van der Waals surface area (Å²) in [5, 5.41) is 6.53. The molecule has 0 saturated carbocycles. The van der Waals surface area contributed by atoms with Gasteiger partial charge in [-0.3, -0.25) is 5.43 Å². The van der Waals surface area contributed by atoms with Gasteiger partial charge < -0.3 is 9.47 Å². The second-order valence-corrected chi connectivity index (χ2v) is 9.78. The average Bonchev–Trinajstić information content (AvgIpc) is 3.27. The van der Waals surface area contributed by atoms with Crippen LogP contribution >= 0.6 is 57.6 Å². The number of nitrogens with zero attached hydrogens (tertiary/aromatic N) is 1. The lowest BCUT2D eigenvalue weighted by Gasteiger charge is -2.18. The number of hydrogen-bond acceptors (Lipinski definition) is 5. The normalized spacial score (nSPS) is 15.4. The zero-order valence-corrected chi connectivity index (χ0v) is 21.1. The van der Waals surface area contributed by atoms with Gasteiger partial charge in [0.05, 0.1) is 20.2 Å². The summed E-state index contributed by atoms with van der Waals surface area (Å²) in [6, 6.07) is 19.8. The van der Waals surface area contributed by atoms with E-state index in [1.54, 1.807) is 17.8 Å². The van der Waals surface area contributed by atoms with Crippen molar-refractivity contribution in [1.82, 2.24) is 5.43 Å². The molecule has 1 aliphatic rings. The van der Waals surface area contributed by atoms with Crippen LogP contribution in [0.15, 0.2) is 65.8 Å². The average molecular weight is 585 g/mol. The maximum atomic E-state index is 6.12. The van der Waals surface area contributed by atoms with E-state index in [4.69, 9.17) is 32.7 Å². The molecule has 1 N–H and O–H groups in total. The summed E-state index contributed by atoms with van der Waals surface area (Å²) in [6.45, 7) is 2.87. The van der Waals surface area contributed by atoms with Crippen LogP contribution in [0.1, 0.15) is 29.0 Å². The summed E-state index contributed by atoms with van der Waals surface area (Å²) in [5.41, 5.74) is 6.35. The van der Waals surface area contributed by atoms with Crippen molar-refractivity contribution in [2.24, 2.45) is 5.10 Å². The van der Waals surface area contributed by atoms with Crippen LogP contribution < -0.4 is 14.9 Å². The van der Waals surface area contributed by atoms with Crippen LogP contribution in [0.5, 0.6) is 11.5 Å². The Morgan fingerprint density at radius 1 is 1.03 bits per heavy atom. The second kappa shape index (κ2) is 10.3. The highest BCUT2D eigenvalue weighted by Crippen LogP contribution is 2.41. The highest BCUT2D eigenvalue weighted by molar-refractivity contribution is 14.1. The maximum absolute atomic E-state index is 6.12. The Bertz CT molecular complexity index is 1110. The minimum Gasteiger partial charge on any atom is -0.490 e. The number of ether oxygens (including phenoxy) is 2. The molecule has 0 saturated heterocycles. The van der Waals surface area contributed by atoms with Crippen LogP contribution in [0.25, 0.3) is 0 Å². The Morgan fingerprint density at radius 2 is 1.84 bits per heavy atom. The molecular weight excluding hydrogens is 566 g/mol. The lowest BCUT2D eigenvalue weighted by Crippen LogP contribution is -2.09. The summed E-state index contributed by atoms with van der Waals surface area (Å²) in [4.78, 5) is 0. The van der Waals surface area contributed by atoms with Crippen molar-refractivity contribution < 1.29 is 9.47 Å². The van der Waals surface area contributed by atoms with Gasteiger partial charge in [0.2, 0.25) is 0 Å². The van der Waals surface area contributed by atoms with Gasteiger partial charge in [0, 0.05) is 5.56 Å². The van der Waals surface area contributed by atoms with Crippen molar-refractivity contribution in [3.05, 3.63) is 91.0 Å². The van der Waals surface area contributed by atoms with Gasteiger partial charge in [0.15, 0.2) is 11.5 Å². The fraction of sp³-hybridized carbons (Fsp3) is 0.174. The first kappa shape index (κ1) is 22.6. The Balaban J connectivity index is 1.53. The minimum absolute atomic E-state index is 0.00653. The van der Waals surface area contributed by atoms with Crippen molar-refractivity contribution in [1.29, 1.82) is 0 Å². The van der Waals surface area contributed by atoms with E-state index in [-0.39, 0.29) is 5.37 Å². The maximum Gasteiger partial charge on any atom is 0.174 e. The summed E-state index contributed by atoms with van der Waals surface area (Å²) in [6.07, 6.45) is 0. The van der Waals surface area contributed by atoms with Gasteiger partial charge in [-0.2, -0.15) is 5.10 Å². The van der Waals surface area contributed by atoms with E-state index in [0.29, 0.717) is 34.8 Å². The van der Waals surface area contributed by atoms with Crippen LogP contribution in [0.2, 0.25) is 10.0 Å². The quantitative estimate of drug-likeness (QED) is 0.297. The van der Waals surface area contributed by atoms with Crippen molar-refractivity contribution in [3.63, 3.8) is 0 Å². The number of nitrogens with one attached hydrogen (secondary N) is 1. The first-order valence-electron chi connectivity index (χ1n) is 9.63. The molecule has 0 aromatic heterocycles. The van der Waals surface area contributed by atoms with Crippen molar-refractivity contribution in [3.8, 4) is 11.5 Å². The monoisotopic (exact) mass is 584 g/mol. The van der Waals surface area contributed by atoms with Gasteiger partial charge in [0.1, 0.15) is 17.0 Å². The first-order valence-corrected chi connectivity index (χ1v) is 12.3. The molecule has 1 atom stereocenters. The van der Waals surface area contributed by atoms with E-state index < -0.39 is 0 Å². The van der Waals surface area contributed by atoms with Crippen molar-refractivity contribution in [2.45, 2.75) is 18.9 Å². The van der Waals surface area contributed by atoms with Gasteiger partial charge in [0.25, 0.3) is 0 Å². The molecule has 4 nitrogen and oxygen atoms in total. The fourth-order valence-corrected chi connectivity index (χ4v) is 5.14. The molecule has 8 heteroatoms. The Hall–Kier alpha value is -1.61. The highest BCUT2D eigenvalue weighted by Gasteiger charge is 2.24. The third kappa shape index (κ3) is 5.42.